The first-order valence-electron chi connectivity index (χ1n) is 7.79. The van der Waals surface area contributed by atoms with Gasteiger partial charge in [0.15, 0.2) is 0 Å². The highest BCUT2D eigenvalue weighted by molar-refractivity contribution is 5.79. The van der Waals surface area contributed by atoms with Crippen molar-refractivity contribution in [3.05, 3.63) is 59.2 Å². The first-order chi connectivity index (χ1) is 11.2. The maximum Gasteiger partial charge on any atom is 0.227 e. The van der Waals surface area contributed by atoms with Gasteiger partial charge in [0.05, 0.1) is 13.0 Å². The molecule has 0 aromatic heterocycles. The van der Waals surface area contributed by atoms with Crippen molar-refractivity contribution in [1.29, 1.82) is 0 Å². The van der Waals surface area contributed by atoms with E-state index in [0.29, 0.717) is 19.6 Å². The van der Waals surface area contributed by atoms with Crippen LogP contribution in [0.1, 0.15) is 16.7 Å². The second-order valence-corrected chi connectivity index (χ2v) is 5.83. The number of fused-ring (bicyclic) bond motifs is 1. The van der Waals surface area contributed by atoms with Crippen LogP contribution >= 0.6 is 0 Å². The highest BCUT2D eigenvalue weighted by Crippen LogP contribution is 2.30. The Hall–Kier alpha value is -2.49. The molecular formula is C19H21NO3. The molecule has 1 atom stereocenters. The Bertz CT molecular complexity index is 712. The van der Waals surface area contributed by atoms with Crippen molar-refractivity contribution in [3.8, 4) is 11.5 Å². The molecule has 2 aromatic carbocycles. The number of carbonyl (C=O) groups excluding carboxylic acids is 1. The van der Waals surface area contributed by atoms with Gasteiger partial charge in [-0.15, -0.1) is 0 Å². The minimum atomic E-state index is -0.168. The molecule has 1 heterocycles. The summed E-state index contributed by atoms with van der Waals surface area (Å²) in [7, 11) is 1.64. The Kier molecular flexibility index (Phi) is 4.51. The number of hydrogen-bond acceptors (Lipinski definition) is 3. The number of nitrogens with one attached hydrogen (secondary N) is 1. The fraction of sp³-hybridized carbons (Fsp3) is 0.316. The highest BCUT2D eigenvalue weighted by atomic mass is 16.5. The van der Waals surface area contributed by atoms with E-state index in [-0.39, 0.29) is 11.8 Å². The van der Waals surface area contributed by atoms with Crippen LogP contribution < -0.4 is 14.8 Å². The second kappa shape index (κ2) is 6.73. The summed E-state index contributed by atoms with van der Waals surface area (Å²) in [5.74, 6) is 1.49. The fourth-order valence-corrected chi connectivity index (χ4v) is 2.80. The molecule has 2 aromatic rings. The molecule has 0 spiro atoms. The van der Waals surface area contributed by atoms with Crippen LogP contribution in [0, 0.1) is 12.8 Å². The van der Waals surface area contributed by atoms with Crippen molar-refractivity contribution in [2.75, 3.05) is 13.7 Å². The van der Waals surface area contributed by atoms with Gasteiger partial charge in [0.2, 0.25) is 5.91 Å². The number of amides is 1. The molecule has 0 unspecified atom stereocenters. The number of rotatable bonds is 4. The fourth-order valence-electron chi connectivity index (χ4n) is 2.80. The van der Waals surface area contributed by atoms with Crippen molar-refractivity contribution >= 4 is 5.91 Å². The number of ether oxygens (including phenoxy) is 2. The molecule has 0 radical (unpaired) electrons. The molecule has 120 valence electrons. The van der Waals surface area contributed by atoms with E-state index in [1.165, 1.54) is 5.56 Å². The third-order valence-corrected chi connectivity index (χ3v) is 4.26. The third-order valence-electron chi connectivity index (χ3n) is 4.26. The lowest BCUT2D eigenvalue weighted by atomic mass is 9.95. The van der Waals surface area contributed by atoms with E-state index in [2.05, 4.69) is 5.32 Å². The molecule has 1 N–H and O–H groups in total. The molecule has 0 aliphatic carbocycles. The van der Waals surface area contributed by atoms with Gasteiger partial charge in [0.25, 0.3) is 0 Å². The molecular weight excluding hydrogens is 290 g/mol. The lowest BCUT2D eigenvalue weighted by Crippen LogP contribution is -2.37. The minimum absolute atomic E-state index is 0.0294. The van der Waals surface area contributed by atoms with Crippen molar-refractivity contribution in [2.45, 2.75) is 19.9 Å². The highest BCUT2D eigenvalue weighted by Gasteiger charge is 2.26. The summed E-state index contributed by atoms with van der Waals surface area (Å²) >= 11 is 0. The molecule has 0 saturated carbocycles. The molecule has 4 nitrogen and oxygen atoms in total. The zero-order chi connectivity index (χ0) is 16.2. The molecule has 1 amide bonds. The largest absolute Gasteiger partial charge is 0.497 e. The van der Waals surface area contributed by atoms with Gasteiger partial charge in [0.1, 0.15) is 18.1 Å². The van der Waals surface area contributed by atoms with Crippen LogP contribution in [0.15, 0.2) is 42.5 Å². The molecule has 1 aliphatic rings. The summed E-state index contributed by atoms with van der Waals surface area (Å²) in [6.45, 7) is 3.01. The number of carbonyl (C=O) groups is 1. The van der Waals surface area contributed by atoms with Crippen LogP contribution in [0.25, 0.3) is 0 Å². The number of aryl methyl sites for hydroxylation is 1. The van der Waals surface area contributed by atoms with Gasteiger partial charge < -0.3 is 14.8 Å². The summed E-state index contributed by atoms with van der Waals surface area (Å²) in [5, 5.41) is 3.02. The molecule has 23 heavy (non-hydrogen) atoms. The number of hydrogen-bond donors (Lipinski definition) is 1. The number of benzene rings is 2. The summed E-state index contributed by atoms with van der Waals surface area (Å²) in [4.78, 5) is 12.4. The first-order valence-corrected chi connectivity index (χ1v) is 7.79. The van der Waals surface area contributed by atoms with Crippen LogP contribution in [0.5, 0.6) is 11.5 Å². The Balaban J connectivity index is 1.63. The second-order valence-electron chi connectivity index (χ2n) is 5.83. The van der Waals surface area contributed by atoms with Crippen molar-refractivity contribution < 1.29 is 14.3 Å². The van der Waals surface area contributed by atoms with Gasteiger partial charge in [0, 0.05) is 6.54 Å². The predicted molar refractivity (Wildman–Crippen MR) is 88.7 cm³/mol. The van der Waals surface area contributed by atoms with Crippen LogP contribution in [0.2, 0.25) is 0 Å². The zero-order valence-electron chi connectivity index (χ0n) is 13.5. The Morgan fingerprint density at radius 1 is 1.30 bits per heavy atom. The lowest BCUT2D eigenvalue weighted by molar-refractivity contribution is -0.126. The normalized spacial score (nSPS) is 16.2. The quantitative estimate of drug-likeness (QED) is 0.944. The van der Waals surface area contributed by atoms with E-state index >= 15 is 0 Å². The van der Waals surface area contributed by atoms with Crippen molar-refractivity contribution in [2.24, 2.45) is 5.92 Å². The van der Waals surface area contributed by atoms with E-state index in [4.69, 9.17) is 9.47 Å². The maximum atomic E-state index is 12.4. The van der Waals surface area contributed by atoms with Gasteiger partial charge in [-0.3, -0.25) is 4.79 Å². The summed E-state index contributed by atoms with van der Waals surface area (Å²) < 4.78 is 11.0. The van der Waals surface area contributed by atoms with E-state index < -0.39 is 0 Å². The van der Waals surface area contributed by atoms with Crippen LogP contribution in [0.4, 0.5) is 0 Å². The standard InChI is InChI=1S/C19H21NO3/c1-13-5-3-4-6-14(13)11-20-19(21)16-9-15-10-17(22-2)7-8-18(15)23-12-16/h3-8,10,16H,9,11-12H2,1-2H3,(H,20,21)/t16-/m0/s1. The summed E-state index contributed by atoms with van der Waals surface area (Å²) in [6, 6.07) is 13.8. The molecule has 0 bridgehead atoms. The molecule has 1 aliphatic heterocycles. The maximum absolute atomic E-state index is 12.4. The van der Waals surface area contributed by atoms with Gasteiger partial charge in [-0.25, -0.2) is 0 Å². The van der Waals surface area contributed by atoms with Crippen LogP contribution in [-0.2, 0) is 17.8 Å². The van der Waals surface area contributed by atoms with Gasteiger partial charge in [-0.1, -0.05) is 24.3 Å². The third kappa shape index (κ3) is 3.47. The summed E-state index contributed by atoms with van der Waals surface area (Å²) in [6.07, 6.45) is 0.673. The van der Waals surface area contributed by atoms with E-state index in [1.54, 1.807) is 7.11 Å². The predicted octanol–water partition coefficient (Wildman–Crippen LogP) is 2.87. The Morgan fingerprint density at radius 2 is 2.13 bits per heavy atom. The zero-order valence-corrected chi connectivity index (χ0v) is 13.5. The monoisotopic (exact) mass is 311 g/mol. The van der Waals surface area contributed by atoms with Gasteiger partial charge >= 0.3 is 0 Å². The lowest BCUT2D eigenvalue weighted by Gasteiger charge is -2.25. The first kappa shape index (κ1) is 15.4. The molecule has 0 saturated heterocycles. The summed E-state index contributed by atoms with van der Waals surface area (Å²) in [5.41, 5.74) is 3.34. The molecule has 0 fully saturated rings. The number of methoxy groups -OCH3 is 1. The molecule has 4 heteroatoms. The average Bonchev–Trinajstić information content (AvgIpc) is 2.59. The average molecular weight is 311 g/mol. The van der Waals surface area contributed by atoms with Gasteiger partial charge in [-0.2, -0.15) is 0 Å². The van der Waals surface area contributed by atoms with Crippen molar-refractivity contribution in [1.82, 2.24) is 5.32 Å². The van der Waals surface area contributed by atoms with E-state index in [0.717, 1.165) is 22.6 Å². The smallest absolute Gasteiger partial charge is 0.227 e. The molecule has 3 rings (SSSR count). The van der Waals surface area contributed by atoms with Crippen LogP contribution in [0.3, 0.4) is 0 Å². The minimum Gasteiger partial charge on any atom is -0.497 e. The van der Waals surface area contributed by atoms with Crippen LogP contribution in [-0.4, -0.2) is 19.6 Å². The Labute approximate surface area is 136 Å². The van der Waals surface area contributed by atoms with Crippen molar-refractivity contribution in [3.63, 3.8) is 0 Å². The topological polar surface area (TPSA) is 47.6 Å². The SMILES string of the molecule is COc1ccc2c(c1)C[C@H](C(=O)NCc1ccccc1C)CO2. The Morgan fingerprint density at radius 3 is 2.91 bits per heavy atom. The van der Waals surface area contributed by atoms with Gasteiger partial charge in [-0.05, 0) is 48.2 Å². The van der Waals surface area contributed by atoms with E-state index in [1.807, 2.05) is 49.4 Å². The van der Waals surface area contributed by atoms with E-state index in [9.17, 15) is 4.79 Å².